The van der Waals surface area contributed by atoms with Crippen molar-refractivity contribution in [2.45, 2.75) is 6.04 Å². The summed E-state index contributed by atoms with van der Waals surface area (Å²) in [6.07, 6.45) is 9.88. The van der Waals surface area contributed by atoms with Crippen LogP contribution in [-0.2, 0) is 4.84 Å². The second kappa shape index (κ2) is 4.81. The highest BCUT2D eigenvalue weighted by Crippen LogP contribution is 2.28. The van der Waals surface area contributed by atoms with E-state index in [4.69, 9.17) is 4.84 Å². The van der Waals surface area contributed by atoms with Gasteiger partial charge < -0.3 is 0 Å². The van der Waals surface area contributed by atoms with Crippen molar-refractivity contribution in [2.75, 3.05) is 7.11 Å². The first-order valence-corrected chi connectivity index (χ1v) is 5.25. The molecule has 2 rings (SSSR count). The van der Waals surface area contributed by atoms with E-state index in [-0.39, 0.29) is 6.04 Å². The number of nitrogens with zero attached hydrogens (tertiary/aromatic N) is 1. The van der Waals surface area contributed by atoms with Crippen LogP contribution < -0.4 is 0 Å². The van der Waals surface area contributed by atoms with Crippen LogP contribution in [0.25, 0.3) is 6.08 Å². The summed E-state index contributed by atoms with van der Waals surface area (Å²) in [4.78, 5) is 5.32. The maximum absolute atomic E-state index is 5.32. The van der Waals surface area contributed by atoms with Gasteiger partial charge in [0.05, 0.1) is 13.2 Å². The van der Waals surface area contributed by atoms with Gasteiger partial charge in [-0.2, -0.15) is 0 Å². The minimum absolute atomic E-state index is 0.115. The fraction of sp³-hybridized carbons (Fsp3) is 0.143. The number of benzene rings is 1. The molecule has 1 aromatic rings. The molecule has 0 saturated carbocycles. The Hall–Kier alpha value is -1.80. The van der Waals surface area contributed by atoms with Crippen molar-refractivity contribution < 1.29 is 4.84 Å². The zero-order valence-corrected chi connectivity index (χ0v) is 9.34. The van der Waals surface area contributed by atoms with Gasteiger partial charge in [-0.3, -0.25) is 9.90 Å². The van der Waals surface area contributed by atoms with E-state index in [1.807, 2.05) is 41.6 Å². The monoisotopic (exact) mass is 213 g/mol. The average Bonchev–Trinajstić information content (AvgIpc) is 2.38. The molecule has 1 heterocycles. The molecule has 0 N–H and O–H groups in total. The van der Waals surface area contributed by atoms with Crippen molar-refractivity contribution in [2.24, 2.45) is 0 Å². The van der Waals surface area contributed by atoms with Crippen molar-refractivity contribution >= 4 is 6.08 Å². The molecular weight excluding hydrogens is 198 g/mol. The van der Waals surface area contributed by atoms with Crippen LogP contribution in [0.2, 0.25) is 0 Å². The quantitative estimate of drug-likeness (QED) is 0.763. The largest absolute Gasteiger partial charge is 0.276 e. The van der Waals surface area contributed by atoms with Gasteiger partial charge in [-0.1, -0.05) is 49.1 Å². The average molecular weight is 213 g/mol. The van der Waals surface area contributed by atoms with Crippen LogP contribution >= 0.6 is 0 Å². The van der Waals surface area contributed by atoms with Crippen LogP contribution in [0.4, 0.5) is 0 Å². The van der Waals surface area contributed by atoms with Crippen LogP contribution in [0.5, 0.6) is 0 Å². The Balaban J connectivity index is 2.39. The highest BCUT2D eigenvalue weighted by atomic mass is 16.7. The van der Waals surface area contributed by atoms with Crippen LogP contribution in [0.15, 0.2) is 55.3 Å². The Kier molecular flexibility index (Phi) is 3.22. The Morgan fingerprint density at radius 3 is 2.88 bits per heavy atom. The first-order valence-electron chi connectivity index (χ1n) is 5.25. The SMILES string of the molecule is C=Cc1ccccc1C1C=CC=CN1OC. The van der Waals surface area contributed by atoms with E-state index in [9.17, 15) is 0 Å². The second-order valence-electron chi connectivity index (χ2n) is 3.55. The van der Waals surface area contributed by atoms with Crippen LogP contribution in [0.1, 0.15) is 17.2 Å². The number of rotatable bonds is 3. The lowest BCUT2D eigenvalue weighted by atomic mass is 9.99. The zero-order valence-electron chi connectivity index (χ0n) is 9.34. The predicted octanol–water partition coefficient (Wildman–Crippen LogP) is 3.32. The molecule has 16 heavy (non-hydrogen) atoms. The molecule has 2 nitrogen and oxygen atoms in total. The van der Waals surface area contributed by atoms with E-state index in [0.717, 1.165) is 5.56 Å². The molecule has 1 unspecified atom stereocenters. The zero-order chi connectivity index (χ0) is 11.4. The molecule has 1 aliphatic heterocycles. The van der Waals surface area contributed by atoms with Gasteiger partial charge >= 0.3 is 0 Å². The lowest BCUT2D eigenvalue weighted by Gasteiger charge is -2.29. The van der Waals surface area contributed by atoms with E-state index in [1.54, 1.807) is 7.11 Å². The van der Waals surface area contributed by atoms with Crippen molar-refractivity contribution in [3.05, 3.63) is 66.4 Å². The van der Waals surface area contributed by atoms with Gasteiger partial charge in [0, 0.05) is 6.20 Å². The van der Waals surface area contributed by atoms with Gasteiger partial charge in [0.25, 0.3) is 0 Å². The molecule has 2 heteroatoms. The third-order valence-corrected chi connectivity index (χ3v) is 2.66. The summed E-state index contributed by atoms with van der Waals surface area (Å²) in [5.41, 5.74) is 2.33. The molecule has 0 aromatic heterocycles. The number of allylic oxidation sites excluding steroid dienone is 2. The Morgan fingerprint density at radius 2 is 2.12 bits per heavy atom. The van der Waals surface area contributed by atoms with E-state index in [2.05, 4.69) is 24.8 Å². The molecule has 0 spiro atoms. The Labute approximate surface area is 96.1 Å². The van der Waals surface area contributed by atoms with Gasteiger partial charge in [-0.05, 0) is 17.2 Å². The summed E-state index contributed by atoms with van der Waals surface area (Å²) in [5, 5.41) is 1.82. The highest BCUT2D eigenvalue weighted by Gasteiger charge is 2.18. The molecule has 1 aromatic carbocycles. The van der Waals surface area contributed by atoms with Crippen molar-refractivity contribution in [1.29, 1.82) is 0 Å². The minimum atomic E-state index is 0.115. The molecule has 0 aliphatic carbocycles. The first-order chi connectivity index (χ1) is 7.86. The Morgan fingerprint density at radius 1 is 1.31 bits per heavy atom. The predicted molar refractivity (Wildman–Crippen MR) is 66.4 cm³/mol. The number of hydroxylamine groups is 2. The molecule has 0 amide bonds. The maximum atomic E-state index is 5.32. The van der Waals surface area contributed by atoms with Gasteiger partial charge in [0.1, 0.15) is 0 Å². The first kappa shape index (κ1) is 10.7. The summed E-state index contributed by atoms with van der Waals surface area (Å²) in [7, 11) is 1.67. The molecule has 1 atom stereocenters. The summed E-state index contributed by atoms with van der Waals surface area (Å²) >= 11 is 0. The molecule has 0 saturated heterocycles. The fourth-order valence-corrected chi connectivity index (χ4v) is 1.86. The molecule has 0 bridgehead atoms. The van der Waals surface area contributed by atoms with Crippen molar-refractivity contribution in [1.82, 2.24) is 5.06 Å². The summed E-state index contributed by atoms with van der Waals surface area (Å²) in [6, 6.07) is 8.31. The minimum Gasteiger partial charge on any atom is -0.276 e. The lowest BCUT2D eigenvalue weighted by Crippen LogP contribution is -2.23. The van der Waals surface area contributed by atoms with Crippen molar-refractivity contribution in [3.63, 3.8) is 0 Å². The normalized spacial score (nSPS) is 18.8. The van der Waals surface area contributed by atoms with Crippen LogP contribution in [0.3, 0.4) is 0 Å². The van der Waals surface area contributed by atoms with E-state index in [0.29, 0.717) is 0 Å². The summed E-state index contributed by atoms with van der Waals surface area (Å²) in [6.45, 7) is 3.84. The number of hydrogen-bond donors (Lipinski definition) is 0. The maximum Gasteiger partial charge on any atom is 0.0998 e. The van der Waals surface area contributed by atoms with Crippen LogP contribution in [0, 0.1) is 0 Å². The third-order valence-electron chi connectivity index (χ3n) is 2.66. The topological polar surface area (TPSA) is 12.5 Å². The Bertz CT molecular complexity index is 434. The molecule has 0 radical (unpaired) electrons. The van der Waals surface area contributed by atoms with E-state index < -0.39 is 0 Å². The molecular formula is C14H15NO. The van der Waals surface area contributed by atoms with Gasteiger partial charge in [-0.25, -0.2) is 0 Å². The standard InChI is InChI=1S/C14H15NO/c1-3-12-8-4-5-9-13(12)14-10-6-7-11-15(14)16-2/h3-11,14H,1H2,2H3. The van der Waals surface area contributed by atoms with E-state index in [1.165, 1.54) is 5.56 Å². The fourth-order valence-electron chi connectivity index (χ4n) is 1.86. The van der Waals surface area contributed by atoms with Gasteiger partial charge in [-0.15, -0.1) is 0 Å². The third kappa shape index (κ3) is 1.92. The lowest BCUT2D eigenvalue weighted by molar-refractivity contribution is -0.110. The molecule has 1 aliphatic rings. The van der Waals surface area contributed by atoms with Gasteiger partial charge in [0.2, 0.25) is 0 Å². The smallest absolute Gasteiger partial charge is 0.0998 e. The van der Waals surface area contributed by atoms with Gasteiger partial charge in [0.15, 0.2) is 0 Å². The summed E-state index contributed by atoms with van der Waals surface area (Å²) in [5.74, 6) is 0. The second-order valence-corrected chi connectivity index (χ2v) is 3.55. The molecule has 82 valence electrons. The van der Waals surface area contributed by atoms with Crippen LogP contribution in [-0.4, -0.2) is 12.2 Å². The van der Waals surface area contributed by atoms with E-state index >= 15 is 0 Å². The molecule has 0 fully saturated rings. The number of hydrogen-bond acceptors (Lipinski definition) is 2. The summed E-state index contributed by atoms with van der Waals surface area (Å²) < 4.78 is 0. The van der Waals surface area contributed by atoms with Crippen molar-refractivity contribution in [3.8, 4) is 0 Å². The highest BCUT2D eigenvalue weighted by molar-refractivity contribution is 5.53.